The molecule has 0 atom stereocenters. The zero-order chi connectivity index (χ0) is 14.8. The second-order valence-electron chi connectivity index (χ2n) is 4.76. The van der Waals surface area contributed by atoms with Crippen LogP contribution >= 0.6 is 0 Å². The molecule has 1 aromatic heterocycles. The summed E-state index contributed by atoms with van der Waals surface area (Å²) in [7, 11) is 0. The number of carbonyl (C=O) groups excluding carboxylic acids is 1. The Morgan fingerprint density at radius 1 is 1.38 bits per heavy atom. The van der Waals surface area contributed by atoms with Gasteiger partial charge in [0.2, 0.25) is 5.95 Å². The lowest BCUT2D eigenvalue weighted by atomic mass is 10.2. The first-order chi connectivity index (χ1) is 10.2. The molecule has 0 radical (unpaired) electrons. The molecule has 0 unspecified atom stereocenters. The number of rotatable bonds is 4. The smallest absolute Gasteiger partial charge is 0.326 e. The number of nitrogens with two attached hydrogens (primary N) is 1. The summed E-state index contributed by atoms with van der Waals surface area (Å²) in [5.74, 6) is 1.21. The highest BCUT2D eigenvalue weighted by molar-refractivity contribution is 5.84. The third-order valence-corrected chi connectivity index (χ3v) is 3.20. The first-order valence-corrected chi connectivity index (χ1v) is 6.90. The minimum Gasteiger partial charge on any atom is -0.486 e. The third-order valence-electron chi connectivity index (χ3n) is 3.20. The molecule has 1 aliphatic rings. The van der Waals surface area contributed by atoms with Crippen molar-refractivity contribution in [3.8, 4) is 11.5 Å². The third kappa shape index (κ3) is 2.58. The SMILES string of the molecule is CCCOC(=O)Cn1c(N)nc2cc3c(cc21)OCCO3. The zero-order valence-electron chi connectivity index (χ0n) is 11.8. The van der Waals surface area contributed by atoms with Crippen LogP contribution in [0.1, 0.15) is 13.3 Å². The maximum atomic E-state index is 11.8. The first-order valence-electron chi connectivity index (χ1n) is 6.90. The molecular formula is C14H17N3O4. The van der Waals surface area contributed by atoms with Crippen LogP contribution in [0.2, 0.25) is 0 Å². The van der Waals surface area contributed by atoms with Gasteiger partial charge in [0.25, 0.3) is 0 Å². The van der Waals surface area contributed by atoms with E-state index >= 15 is 0 Å². The number of esters is 1. The van der Waals surface area contributed by atoms with E-state index in [0.29, 0.717) is 36.8 Å². The first kappa shape index (κ1) is 13.5. The van der Waals surface area contributed by atoms with E-state index in [-0.39, 0.29) is 18.5 Å². The van der Waals surface area contributed by atoms with Gasteiger partial charge in [0, 0.05) is 12.1 Å². The molecule has 7 heteroatoms. The van der Waals surface area contributed by atoms with Crippen LogP contribution < -0.4 is 15.2 Å². The van der Waals surface area contributed by atoms with Crippen molar-refractivity contribution in [2.45, 2.75) is 19.9 Å². The van der Waals surface area contributed by atoms with Crippen LogP contribution in [0.25, 0.3) is 11.0 Å². The summed E-state index contributed by atoms with van der Waals surface area (Å²) in [5, 5.41) is 0. The summed E-state index contributed by atoms with van der Waals surface area (Å²) < 4.78 is 17.7. The van der Waals surface area contributed by atoms with Gasteiger partial charge in [-0.1, -0.05) is 6.92 Å². The number of aromatic nitrogens is 2. The normalized spacial score (nSPS) is 13.4. The lowest BCUT2D eigenvalue weighted by molar-refractivity contribution is -0.144. The molecule has 2 heterocycles. The largest absolute Gasteiger partial charge is 0.486 e. The minimum absolute atomic E-state index is 0.0297. The number of anilines is 1. The lowest BCUT2D eigenvalue weighted by Gasteiger charge is -2.18. The predicted molar refractivity (Wildman–Crippen MR) is 76.4 cm³/mol. The molecule has 1 aromatic carbocycles. The number of fused-ring (bicyclic) bond motifs is 2. The molecule has 3 rings (SSSR count). The monoisotopic (exact) mass is 291 g/mol. The van der Waals surface area contributed by atoms with Crippen LogP contribution in [0.4, 0.5) is 5.95 Å². The van der Waals surface area contributed by atoms with Crippen LogP contribution in [0.3, 0.4) is 0 Å². The Kier molecular flexibility index (Phi) is 3.55. The molecule has 0 spiro atoms. The average Bonchev–Trinajstić information content (AvgIpc) is 2.78. The van der Waals surface area contributed by atoms with Gasteiger partial charge >= 0.3 is 5.97 Å². The number of ether oxygens (including phenoxy) is 3. The molecule has 7 nitrogen and oxygen atoms in total. The second-order valence-corrected chi connectivity index (χ2v) is 4.76. The van der Waals surface area contributed by atoms with Gasteiger partial charge in [-0.3, -0.25) is 9.36 Å². The van der Waals surface area contributed by atoms with E-state index in [0.717, 1.165) is 11.9 Å². The summed E-state index contributed by atoms with van der Waals surface area (Å²) in [5.41, 5.74) is 7.29. The molecule has 0 fully saturated rings. The van der Waals surface area contributed by atoms with Crippen LogP contribution in [-0.2, 0) is 16.1 Å². The molecule has 21 heavy (non-hydrogen) atoms. The minimum atomic E-state index is -0.335. The van der Waals surface area contributed by atoms with Crippen molar-refractivity contribution in [3.63, 3.8) is 0 Å². The number of nitrogen functional groups attached to an aromatic ring is 1. The van der Waals surface area contributed by atoms with Gasteiger partial charge in [0.1, 0.15) is 19.8 Å². The Bertz CT molecular complexity index is 680. The van der Waals surface area contributed by atoms with Crippen molar-refractivity contribution in [2.24, 2.45) is 0 Å². The number of nitrogens with zero attached hydrogens (tertiary/aromatic N) is 2. The molecule has 0 aliphatic carbocycles. The molecule has 1 aliphatic heterocycles. The van der Waals surface area contributed by atoms with Gasteiger partial charge in [-0.25, -0.2) is 4.98 Å². The highest BCUT2D eigenvalue weighted by Gasteiger charge is 2.18. The molecule has 2 aromatic rings. The van der Waals surface area contributed by atoms with Crippen molar-refractivity contribution in [2.75, 3.05) is 25.6 Å². The number of hydrogen-bond donors (Lipinski definition) is 1. The Balaban J connectivity index is 1.94. The second kappa shape index (κ2) is 5.51. The fraction of sp³-hybridized carbons (Fsp3) is 0.429. The molecular weight excluding hydrogens is 274 g/mol. The van der Waals surface area contributed by atoms with E-state index in [1.807, 2.05) is 6.92 Å². The molecule has 0 saturated carbocycles. The van der Waals surface area contributed by atoms with Crippen molar-refractivity contribution in [1.29, 1.82) is 0 Å². The van der Waals surface area contributed by atoms with Crippen LogP contribution in [-0.4, -0.2) is 35.3 Å². The quantitative estimate of drug-likeness (QED) is 0.855. The van der Waals surface area contributed by atoms with Crippen LogP contribution in [0.15, 0.2) is 12.1 Å². The lowest BCUT2D eigenvalue weighted by Crippen LogP contribution is -2.16. The van der Waals surface area contributed by atoms with Gasteiger partial charge in [0.15, 0.2) is 11.5 Å². The average molecular weight is 291 g/mol. The van der Waals surface area contributed by atoms with Gasteiger partial charge in [-0.2, -0.15) is 0 Å². The van der Waals surface area contributed by atoms with Crippen LogP contribution in [0, 0.1) is 0 Å². The maximum Gasteiger partial charge on any atom is 0.326 e. The number of imidazole rings is 1. The summed E-state index contributed by atoms with van der Waals surface area (Å²) in [6, 6.07) is 3.56. The van der Waals surface area contributed by atoms with Crippen molar-refractivity contribution in [1.82, 2.24) is 9.55 Å². The molecule has 112 valence electrons. The summed E-state index contributed by atoms with van der Waals surface area (Å²) in [4.78, 5) is 16.0. The predicted octanol–water partition coefficient (Wildman–Crippen LogP) is 1.34. The molecule has 0 bridgehead atoms. The Hall–Kier alpha value is -2.44. The maximum absolute atomic E-state index is 11.8. The summed E-state index contributed by atoms with van der Waals surface area (Å²) in [6.07, 6.45) is 0.782. The number of benzene rings is 1. The molecule has 2 N–H and O–H groups in total. The fourth-order valence-electron chi connectivity index (χ4n) is 2.24. The highest BCUT2D eigenvalue weighted by Crippen LogP contribution is 2.35. The zero-order valence-corrected chi connectivity index (χ0v) is 11.8. The number of hydrogen-bond acceptors (Lipinski definition) is 6. The fourth-order valence-corrected chi connectivity index (χ4v) is 2.24. The summed E-state index contributed by atoms with van der Waals surface area (Å²) in [6.45, 7) is 3.39. The van der Waals surface area contributed by atoms with E-state index < -0.39 is 0 Å². The van der Waals surface area contributed by atoms with E-state index in [1.54, 1.807) is 16.7 Å². The standard InChI is InChI=1S/C14H17N3O4/c1-2-3-21-13(18)8-17-10-7-12-11(19-4-5-20-12)6-9(10)16-14(17)15/h6-7H,2-5,8H2,1H3,(H2,15,16). The van der Waals surface area contributed by atoms with Gasteiger partial charge < -0.3 is 19.9 Å². The van der Waals surface area contributed by atoms with Crippen LogP contribution in [0.5, 0.6) is 11.5 Å². The topological polar surface area (TPSA) is 88.6 Å². The van der Waals surface area contributed by atoms with E-state index in [9.17, 15) is 4.79 Å². The van der Waals surface area contributed by atoms with Gasteiger partial charge in [-0.05, 0) is 6.42 Å². The Morgan fingerprint density at radius 3 is 2.81 bits per heavy atom. The number of carbonyl (C=O) groups is 1. The van der Waals surface area contributed by atoms with Crippen molar-refractivity contribution < 1.29 is 19.0 Å². The molecule has 0 saturated heterocycles. The van der Waals surface area contributed by atoms with E-state index in [2.05, 4.69) is 4.98 Å². The molecule has 0 amide bonds. The van der Waals surface area contributed by atoms with Gasteiger partial charge in [-0.15, -0.1) is 0 Å². The Morgan fingerprint density at radius 2 is 2.10 bits per heavy atom. The highest BCUT2D eigenvalue weighted by atomic mass is 16.6. The summed E-state index contributed by atoms with van der Waals surface area (Å²) >= 11 is 0. The van der Waals surface area contributed by atoms with E-state index in [1.165, 1.54) is 0 Å². The van der Waals surface area contributed by atoms with E-state index in [4.69, 9.17) is 19.9 Å². The Labute approximate surface area is 121 Å². The van der Waals surface area contributed by atoms with Crippen molar-refractivity contribution in [3.05, 3.63) is 12.1 Å². The van der Waals surface area contributed by atoms with Crippen molar-refractivity contribution >= 4 is 23.0 Å². The van der Waals surface area contributed by atoms with Gasteiger partial charge in [0.05, 0.1) is 17.6 Å².